The standard InChI is InChI=1S/C19H26N2O3.C13H15N3O2.2C13H17N3O.C13H14N2O3.C12H14N2O.C5H5F3O.C4H3F3O3.C4H6N2/c1-14-12-16(8-11-18(22)24-19(2,3)4)21(20-14)13-15-6-9-17(23-5)10-7-15;1-9-7-12(13(14)17)16(15-9)8-10-3-5-11(18-2)6-4-10;2*1-10-7-12(8-14)16(15-10)9-11-3-5-13(17-2)6-4-11;1-9-7-12(13(16)17)15(14-9)8-10-3-5-11(18-2)6-4-10;1-10-7-8-14(13-10)9-11-3-5-12(15-2)6-4-11;1-2-3-4(9)5(6,7)8;1-2(8)10-3(9)4(5,6)7;1-4-2-3-5-6-4/h6-7,9-10,12H,8,11,13H2,1-5H3;3-7H,8H2,1-2H3,(H2,14,17);2*3-7H,8-9,14H2,1-2H3;3-7H,8H2,1-2H3,(H,16,17);3-8H,9H2,1-2H3;2-3H,1H3;1H3;2-3H,1H3,(H,5,6)/b;;;;;;3-2+;;. The van der Waals surface area contributed by atoms with Crippen LogP contribution in [0.4, 0.5) is 26.3 Å². The molecule has 1 amide bonds. The van der Waals surface area contributed by atoms with Crippen molar-refractivity contribution in [1.29, 1.82) is 0 Å². The summed E-state index contributed by atoms with van der Waals surface area (Å²) in [7, 11) is 9.88. The van der Waals surface area contributed by atoms with Gasteiger partial charge in [0.25, 0.3) is 11.7 Å². The Balaban J connectivity index is 0.000000272. The summed E-state index contributed by atoms with van der Waals surface area (Å²) in [6.45, 7) is 26.1. The Morgan fingerprint density at radius 3 is 1.00 bits per heavy atom. The maximum atomic E-state index is 11.9. The minimum absolute atomic E-state index is 0.183. The molecule has 7 heterocycles. The van der Waals surface area contributed by atoms with Crippen LogP contribution in [0.3, 0.4) is 0 Å². The molecular weight excluding hydrogens is 1750 g/mol. The van der Waals surface area contributed by atoms with Crippen LogP contribution in [0.25, 0.3) is 0 Å². The lowest BCUT2D eigenvalue weighted by Crippen LogP contribution is -2.26. The van der Waals surface area contributed by atoms with Gasteiger partial charge in [0.2, 0.25) is 0 Å². The zero-order chi connectivity index (χ0) is 99.4. The number of allylic oxidation sites excluding steroid dienone is 2. The number of ketones is 1. The van der Waals surface area contributed by atoms with E-state index >= 15 is 0 Å². The summed E-state index contributed by atoms with van der Waals surface area (Å²) in [4.78, 5) is 63.5. The van der Waals surface area contributed by atoms with Crippen molar-refractivity contribution in [3.63, 3.8) is 0 Å². The molecule has 7 aromatic heterocycles. The van der Waals surface area contributed by atoms with Crippen molar-refractivity contribution >= 4 is 35.6 Å². The zero-order valence-corrected chi connectivity index (χ0v) is 78.3. The first-order valence-corrected chi connectivity index (χ1v) is 41.5. The number of ether oxygens (including phenoxy) is 8. The number of benzene rings is 6. The molecule has 13 aromatic rings. The number of hydrogen-bond acceptors (Lipinski definition) is 23. The number of amides is 1. The molecule has 134 heavy (non-hydrogen) atoms. The van der Waals surface area contributed by atoms with Gasteiger partial charge in [-0.15, -0.1) is 0 Å². The molecule has 0 unspecified atom stereocenters. The number of hydrogen-bond donors (Lipinski definition) is 5. The van der Waals surface area contributed by atoms with E-state index in [2.05, 4.69) is 57.7 Å². The van der Waals surface area contributed by atoms with E-state index < -0.39 is 47.6 Å². The summed E-state index contributed by atoms with van der Waals surface area (Å²) in [6.07, 6.45) is -3.58. The molecule has 0 radical (unpaired) electrons. The van der Waals surface area contributed by atoms with Crippen molar-refractivity contribution in [2.24, 2.45) is 17.2 Å². The Bertz CT molecular complexity index is 5580. The number of methoxy groups -OCH3 is 6. The fourth-order valence-corrected chi connectivity index (χ4v) is 11.8. The second kappa shape index (κ2) is 54.6. The van der Waals surface area contributed by atoms with E-state index in [1.807, 2.05) is 251 Å². The molecule has 38 heteroatoms. The smallest absolute Gasteiger partial charge is 0.491 e. The number of aromatic carboxylic acids is 1. The summed E-state index contributed by atoms with van der Waals surface area (Å²) in [5.41, 5.74) is 33.3. The van der Waals surface area contributed by atoms with Crippen molar-refractivity contribution in [3.8, 4) is 34.5 Å². The number of alkyl halides is 6. The van der Waals surface area contributed by atoms with Crippen LogP contribution in [0, 0.1) is 48.5 Å². The van der Waals surface area contributed by atoms with E-state index in [1.54, 1.807) is 72.6 Å². The second-order valence-corrected chi connectivity index (χ2v) is 30.3. The predicted molar refractivity (Wildman–Crippen MR) is 492 cm³/mol. The molecule has 0 aliphatic carbocycles. The number of halogens is 6. The Hall–Kier alpha value is -15.0. The summed E-state index contributed by atoms with van der Waals surface area (Å²) in [5, 5.41) is 41.7. The van der Waals surface area contributed by atoms with Crippen LogP contribution in [0.1, 0.15) is 152 Å². The molecule has 13 rings (SSSR count). The van der Waals surface area contributed by atoms with Crippen LogP contribution in [0.15, 0.2) is 213 Å². The third-order valence-corrected chi connectivity index (χ3v) is 18.1. The molecule has 0 atom stereocenters. The Morgan fingerprint density at radius 1 is 0.425 bits per heavy atom. The highest BCUT2D eigenvalue weighted by Crippen LogP contribution is 2.23. The lowest BCUT2D eigenvalue weighted by atomic mass is 10.1. The molecule has 0 bridgehead atoms. The van der Waals surface area contributed by atoms with Crippen molar-refractivity contribution in [2.75, 3.05) is 42.7 Å². The van der Waals surface area contributed by atoms with Gasteiger partial charge in [-0.1, -0.05) is 78.9 Å². The van der Waals surface area contributed by atoms with Crippen LogP contribution >= 0.6 is 0 Å². The lowest BCUT2D eigenvalue weighted by molar-refractivity contribution is -0.201. The number of aromatic nitrogens is 14. The van der Waals surface area contributed by atoms with Gasteiger partial charge in [-0.05, 0) is 237 Å². The van der Waals surface area contributed by atoms with Crippen molar-refractivity contribution in [2.45, 2.75) is 166 Å². The average molecular weight is 1860 g/mol. The number of carboxylic acid groups (broad SMARTS) is 1. The zero-order valence-electron chi connectivity index (χ0n) is 78.3. The van der Waals surface area contributed by atoms with E-state index in [1.165, 1.54) is 28.3 Å². The van der Waals surface area contributed by atoms with Crippen LogP contribution in [0.2, 0.25) is 0 Å². The predicted octanol–water partition coefficient (Wildman–Crippen LogP) is 15.5. The number of aryl methyl sites for hydroxylation is 8. The van der Waals surface area contributed by atoms with E-state index in [0.29, 0.717) is 70.0 Å². The average Bonchev–Trinajstić information content (AvgIpc) is 1.72. The Kier molecular flexibility index (Phi) is 44.7. The molecule has 32 nitrogen and oxygen atoms in total. The number of rotatable bonds is 26. The molecular formula is C96H117F6N17O15. The highest BCUT2D eigenvalue weighted by molar-refractivity contribution is 5.94. The molecule has 8 N–H and O–H groups in total. The van der Waals surface area contributed by atoms with Gasteiger partial charge in [-0.2, -0.15) is 62.0 Å². The van der Waals surface area contributed by atoms with Gasteiger partial charge in [-0.25, -0.2) is 9.59 Å². The number of esters is 3. The van der Waals surface area contributed by atoms with Gasteiger partial charge in [0.1, 0.15) is 51.5 Å². The van der Waals surface area contributed by atoms with E-state index in [-0.39, 0.29) is 11.7 Å². The number of nitrogens with two attached hydrogens (primary N) is 3. The molecule has 0 fully saturated rings. The second-order valence-electron chi connectivity index (χ2n) is 30.3. The maximum absolute atomic E-state index is 11.9. The van der Waals surface area contributed by atoms with Gasteiger partial charge in [-0.3, -0.25) is 52.4 Å². The minimum Gasteiger partial charge on any atom is -0.497 e. The SMILES string of the molecule is C/C=C/C(=O)C(F)(F)F.CC(=O)OC(=O)C(F)(F)F.COc1ccc(Cn2ccc(C)n2)cc1.COc1ccc(Cn2nc(C)cc2C(=O)O)cc1.COc1ccc(Cn2nc(C)cc2C(N)=O)cc1.COc1ccc(Cn2nc(C)cc2CCC(=O)OC(C)(C)C)cc1.COc1ccc(Cn2nc(C)cc2CN)cc1.COc1ccc(Cn2nc(C)cc2CN)cc1.Cc1ccn[nH]1. The molecule has 6 aromatic carbocycles. The van der Waals surface area contributed by atoms with Gasteiger partial charge in [0, 0.05) is 43.8 Å². The molecule has 0 saturated heterocycles. The fourth-order valence-electron chi connectivity index (χ4n) is 11.8. The molecule has 0 aliphatic rings. The number of aromatic amines is 1. The molecule has 0 saturated carbocycles. The topological polar surface area (TPSA) is 410 Å². The summed E-state index contributed by atoms with van der Waals surface area (Å²) in [6, 6.07) is 60.2. The third kappa shape index (κ3) is 40.2. The van der Waals surface area contributed by atoms with Gasteiger partial charge >= 0.3 is 36.2 Å². The number of nitrogens with one attached hydrogen (secondary N) is 1. The fraction of sp³-hybridized carbons (Fsp3) is 0.323. The molecule has 0 spiro atoms. The minimum atomic E-state index is -5.09. The number of carbonyl (C=O) groups excluding carboxylic acids is 5. The van der Waals surface area contributed by atoms with E-state index in [4.69, 9.17) is 55.5 Å². The van der Waals surface area contributed by atoms with Crippen LogP contribution in [-0.2, 0) is 87.4 Å². The molecule has 0 aliphatic heterocycles. The number of carboxylic acids is 1. The Labute approximate surface area is 773 Å². The first kappa shape index (κ1) is 110. The molecule has 718 valence electrons. The van der Waals surface area contributed by atoms with Crippen LogP contribution in [-0.4, -0.2) is 170 Å². The summed E-state index contributed by atoms with van der Waals surface area (Å²) in [5.74, 6) is -2.18. The van der Waals surface area contributed by atoms with Crippen LogP contribution < -0.4 is 45.6 Å². The van der Waals surface area contributed by atoms with Crippen LogP contribution in [0.5, 0.6) is 34.5 Å². The van der Waals surface area contributed by atoms with Crippen molar-refractivity contribution in [1.82, 2.24) is 68.9 Å². The number of H-pyrrole nitrogens is 1. The highest BCUT2D eigenvalue weighted by atomic mass is 19.4. The quantitative estimate of drug-likeness (QED) is 0.0145. The lowest BCUT2D eigenvalue weighted by Gasteiger charge is -2.19. The largest absolute Gasteiger partial charge is 0.497 e. The summed E-state index contributed by atoms with van der Waals surface area (Å²) < 4.78 is 117. The van der Waals surface area contributed by atoms with Crippen molar-refractivity contribution < 1.29 is 98.1 Å². The van der Waals surface area contributed by atoms with Gasteiger partial charge in [0.15, 0.2) is 0 Å². The number of carbonyl (C=O) groups is 6. The summed E-state index contributed by atoms with van der Waals surface area (Å²) >= 11 is 0. The first-order chi connectivity index (χ1) is 63.4. The van der Waals surface area contributed by atoms with Gasteiger partial charge in [0.05, 0.1) is 134 Å². The van der Waals surface area contributed by atoms with E-state index in [0.717, 1.165) is 128 Å². The number of primary amides is 1. The van der Waals surface area contributed by atoms with Gasteiger partial charge < -0.3 is 60.2 Å². The first-order valence-electron chi connectivity index (χ1n) is 41.5. The van der Waals surface area contributed by atoms with E-state index in [9.17, 15) is 55.1 Å². The number of nitrogens with zero attached hydrogens (tertiary/aromatic N) is 13. The Morgan fingerprint density at radius 2 is 0.746 bits per heavy atom. The van der Waals surface area contributed by atoms with Crippen molar-refractivity contribution in [3.05, 3.63) is 314 Å². The highest BCUT2D eigenvalue weighted by Gasteiger charge is 2.42. The normalized spacial score (nSPS) is 10.7. The monoisotopic (exact) mass is 1860 g/mol. The maximum Gasteiger partial charge on any atom is 0.491 e. The third-order valence-electron chi connectivity index (χ3n) is 18.1.